The maximum atomic E-state index is 12.0. The lowest BCUT2D eigenvalue weighted by atomic mass is 9.76. The Labute approximate surface area is 110 Å². The first-order valence-electron chi connectivity index (χ1n) is 7.39. The summed E-state index contributed by atoms with van der Waals surface area (Å²) in [5.74, 6) is 1.42. The van der Waals surface area contributed by atoms with Gasteiger partial charge in [-0.15, -0.1) is 0 Å². The fourth-order valence-corrected chi connectivity index (χ4v) is 3.12. The first kappa shape index (κ1) is 13.4. The van der Waals surface area contributed by atoms with E-state index in [0.29, 0.717) is 12.3 Å². The van der Waals surface area contributed by atoms with E-state index in [1.165, 1.54) is 25.7 Å². The standard InChI is InChI=1S/C15H24N2O/c1-2-12-6-8-15(11-16,9-7-12)17-14(18)10-13-4-3-5-13/h12-13H,2-10H2,1H3,(H,17,18). The Kier molecular flexibility index (Phi) is 4.27. The van der Waals surface area contributed by atoms with Crippen molar-refractivity contribution < 1.29 is 4.79 Å². The van der Waals surface area contributed by atoms with Gasteiger partial charge in [-0.2, -0.15) is 5.26 Å². The highest BCUT2D eigenvalue weighted by molar-refractivity contribution is 5.77. The van der Waals surface area contributed by atoms with Crippen molar-refractivity contribution in [3.63, 3.8) is 0 Å². The molecular weight excluding hydrogens is 224 g/mol. The van der Waals surface area contributed by atoms with E-state index in [9.17, 15) is 10.1 Å². The molecule has 2 saturated carbocycles. The summed E-state index contributed by atoms with van der Waals surface area (Å²) >= 11 is 0. The first-order chi connectivity index (χ1) is 8.67. The average molecular weight is 248 g/mol. The van der Waals surface area contributed by atoms with Crippen molar-refractivity contribution in [2.24, 2.45) is 11.8 Å². The summed E-state index contributed by atoms with van der Waals surface area (Å²) in [6.45, 7) is 2.21. The van der Waals surface area contributed by atoms with Gasteiger partial charge in [0.25, 0.3) is 0 Å². The third kappa shape index (κ3) is 3.04. The van der Waals surface area contributed by atoms with Crippen LogP contribution in [0.15, 0.2) is 0 Å². The summed E-state index contributed by atoms with van der Waals surface area (Å²) in [4.78, 5) is 12.0. The predicted octanol–water partition coefficient (Wildman–Crippen LogP) is 3.16. The van der Waals surface area contributed by atoms with E-state index in [1.54, 1.807) is 0 Å². The Balaban J connectivity index is 1.84. The van der Waals surface area contributed by atoms with Gasteiger partial charge in [-0.05, 0) is 50.4 Å². The number of hydrogen-bond acceptors (Lipinski definition) is 2. The van der Waals surface area contributed by atoms with Crippen molar-refractivity contribution in [1.82, 2.24) is 5.32 Å². The van der Waals surface area contributed by atoms with Gasteiger partial charge in [-0.25, -0.2) is 0 Å². The second kappa shape index (κ2) is 5.73. The topological polar surface area (TPSA) is 52.9 Å². The quantitative estimate of drug-likeness (QED) is 0.831. The molecule has 0 bridgehead atoms. The van der Waals surface area contributed by atoms with Crippen molar-refractivity contribution >= 4 is 5.91 Å². The lowest BCUT2D eigenvalue weighted by Crippen LogP contribution is -2.50. The number of nitrogens with zero attached hydrogens (tertiary/aromatic N) is 1. The molecule has 0 heterocycles. The van der Waals surface area contributed by atoms with Crippen molar-refractivity contribution in [2.45, 2.75) is 70.3 Å². The Hall–Kier alpha value is -1.04. The van der Waals surface area contributed by atoms with Crippen LogP contribution >= 0.6 is 0 Å². The Bertz CT molecular complexity index is 333. The van der Waals surface area contributed by atoms with E-state index in [-0.39, 0.29) is 5.91 Å². The second-order valence-corrected chi connectivity index (χ2v) is 6.09. The van der Waals surface area contributed by atoms with Crippen LogP contribution in [0.5, 0.6) is 0 Å². The monoisotopic (exact) mass is 248 g/mol. The molecule has 1 amide bonds. The highest BCUT2D eigenvalue weighted by Crippen LogP contribution is 2.34. The SMILES string of the molecule is CCC1CCC(C#N)(NC(=O)CC2CCC2)CC1. The van der Waals surface area contributed by atoms with E-state index in [0.717, 1.165) is 31.6 Å². The Morgan fingerprint density at radius 2 is 1.94 bits per heavy atom. The van der Waals surface area contributed by atoms with E-state index >= 15 is 0 Å². The summed E-state index contributed by atoms with van der Waals surface area (Å²) < 4.78 is 0. The van der Waals surface area contributed by atoms with Crippen LogP contribution in [0, 0.1) is 23.2 Å². The molecule has 3 nitrogen and oxygen atoms in total. The van der Waals surface area contributed by atoms with Gasteiger partial charge in [0.2, 0.25) is 5.91 Å². The van der Waals surface area contributed by atoms with Gasteiger partial charge in [0.1, 0.15) is 5.54 Å². The maximum Gasteiger partial charge on any atom is 0.221 e. The van der Waals surface area contributed by atoms with Crippen molar-refractivity contribution in [3.8, 4) is 6.07 Å². The van der Waals surface area contributed by atoms with Gasteiger partial charge in [0.15, 0.2) is 0 Å². The minimum Gasteiger partial charge on any atom is -0.338 e. The average Bonchev–Trinajstić information content (AvgIpc) is 2.35. The predicted molar refractivity (Wildman–Crippen MR) is 70.7 cm³/mol. The zero-order chi connectivity index (χ0) is 13.0. The maximum absolute atomic E-state index is 12.0. The van der Waals surface area contributed by atoms with E-state index in [4.69, 9.17) is 0 Å². The molecule has 18 heavy (non-hydrogen) atoms. The third-order valence-electron chi connectivity index (χ3n) is 4.83. The number of rotatable bonds is 4. The third-order valence-corrected chi connectivity index (χ3v) is 4.83. The summed E-state index contributed by atoms with van der Waals surface area (Å²) in [6, 6.07) is 2.37. The Morgan fingerprint density at radius 3 is 2.39 bits per heavy atom. The zero-order valence-electron chi connectivity index (χ0n) is 11.4. The molecule has 100 valence electrons. The molecule has 1 N–H and O–H groups in total. The van der Waals surface area contributed by atoms with Gasteiger partial charge in [-0.1, -0.05) is 19.8 Å². The van der Waals surface area contributed by atoms with E-state index < -0.39 is 5.54 Å². The minimum absolute atomic E-state index is 0.0937. The first-order valence-corrected chi connectivity index (χ1v) is 7.39. The number of carbonyl (C=O) groups is 1. The highest BCUT2D eigenvalue weighted by atomic mass is 16.1. The second-order valence-electron chi connectivity index (χ2n) is 6.09. The molecule has 3 heteroatoms. The van der Waals surface area contributed by atoms with Gasteiger partial charge in [0.05, 0.1) is 6.07 Å². The lowest BCUT2D eigenvalue weighted by Gasteiger charge is -2.36. The van der Waals surface area contributed by atoms with Crippen LogP contribution in [-0.2, 0) is 4.79 Å². The van der Waals surface area contributed by atoms with Crippen LogP contribution in [0.2, 0.25) is 0 Å². The lowest BCUT2D eigenvalue weighted by molar-refractivity contribution is -0.124. The normalized spacial score (nSPS) is 32.3. The number of nitriles is 1. The molecule has 0 aromatic carbocycles. The van der Waals surface area contributed by atoms with Gasteiger partial charge >= 0.3 is 0 Å². The fraction of sp³-hybridized carbons (Fsp3) is 0.867. The van der Waals surface area contributed by atoms with Gasteiger partial charge in [0, 0.05) is 6.42 Å². The molecule has 0 aromatic heterocycles. The molecule has 0 aromatic rings. The smallest absolute Gasteiger partial charge is 0.221 e. The molecule has 0 atom stereocenters. The van der Waals surface area contributed by atoms with Crippen LogP contribution in [0.1, 0.15) is 64.7 Å². The number of nitrogens with one attached hydrogen (secondary N) is 1. The minimum atomic E-state index is -0.563. The van der Waals surface area contributed by atoms with E-state index in [2.05, 4.69) is 18.3 Å². The number of hydrogen-bond donors (Lipinski definition) is 1. The molecule has 2 rings (SSSR count). The van der Waals surface area contributed by atoms with Crippen LogP contribution in [0.3, 0.4) is 0 Å². The number of carbonyl (C=O) groups excluding carboxylic acids is 1. The molecule has 0 radical (unpaired) electrons. The zero-order valence-corrected chi connectivity index (χ0v) is 11.4. The summed E-state index contributed by atoms with van der Waals surface area (Å²) in [7, 11) is 0. The molecule has 2 fully saturated rings. The fourth-order valence-electron chi connectivity index (χ4n) is 3.12. The van der Waals surface area contributed by atoms with Crippen LogP contribution in [0.25, 0.3) is 0 Å². The van der Waals surface area contributed by atoms with E-state index in [1.807, 2.05) is 0 Å². The van der Waals surface area contributed by atoms with Crippen molar-refractivity contribution in [3.05, 3.63) is 0 Å². The highest BCUT2D eigenvalue weighted by Gasteiger charge is 2.36. The van der Waals surface area contributed by atoms with Crippen LogP contribution in [0.4, 0.5) is 0 Å². The molecule has 0 aliphatic heterocycles. The molecule has 2 aliphatic rings. The largest absolute Gasteiger partial charge is 0.338 e. The Morgan fingerprint density at radius 1 is 1.28 bits per heavy atom. The molecule has 0 spiro atoms. The van der Waals surface area contributed by atoms with Gasteiger partial charge in [-0.3, -0.25) is 4.79 Å². The van der Waals surface area contributed by atoms with Crippen molar-refractivity contribution in [1.29, 1.82) is 5.26 Å². The summed E-state index contributed by atoms with van der Waals surface area (Å²) in [5.41, 5.74) is -0.563. The molecule has 2 aliphatic carbocycles. The molecule has 0 saturated heterocycles. The van der Waals surface area contributed by atoms with Crippen LogP contribution in [-0.4, -0.2) is 11.4 Å². The number of amides is 1. The summed E-state index contributed by atoms with van der Waals surface area (Å²) in [5, 5.41) is 12.4. The van der Waals surface area contributed by atoms with Crippen molar-refractivity contribution in [2.75, 3.05) is 0 Å². The van der Waals surface area contributed by atoms with Gasteiger partial charge < -0.3 is 5.32 Å². The summed E-state index contributed by atoms with van der Waals surface area (Å²) in [6.07, 6.45) is 9.27. The molecular formula is C15H24N2O. The van der Waals surface area contributed by atoms with Crippen LogP contribution < -0.4 is 5.32 Å². The molecule has 0 unspecified atom stereocenters.